The number of rotatable bonds is 4. The van der Waals surface area contributed by atoms with Crippen LogP contribution in [0.4, 0.5) is 5.69 Å². The van der Waals surface area contributed by atoms with Crippen LogP contribution < -0.4 is 5.32 Å². The minimum absolute atomic E-state index is 0.725. The number of pyridine rings is 1. The maximum Gasteiger partial charge on any atom is 0.181 e. The molecule has 0 aliphatic carbocycles. The number of anilines is 1. The smallest absolute Gasteiger partial charge is 0.181 e. The molecule has 0 saturated carbocycles. The zero-order valence-corrected chi connectivity index (χ0v) is 11.2. The van der Waals surface area contributed by atoms with Gasteiger partial charge in [0.25, 0.3) is 0 Å². The minimum Gasteiger partial charge on any atom is -0.381 e. The van der Waals surface area contributed by atoms with Gasteiger partial charge in [0, 0.05) is 30.2 Å². The Balaban J connectivity index is 1.67. The van der Waals surface area contributed by atoms with Crippen LogP contribution >= 0.6 is 0 Å². The van der Waals surface area contributed by atoms with Crippen LogP contribution in [0.1, 0.15) is 11.4 Å². The van der Waals surface area contributed by atoms with E-state index in [0.717, 1.165) is 29.4 Å². The summed E-state index contributed by atoms with van der Waals surface area (Å²) in [4.78, 5) is 8.31. The molecule has 0 saturated heterocycles. The van der Waals surface area contributed by atoms with Gasteiger partial charge in [0.15, 0.2) is 5.82 Å². The van der Waals surface area contributed by atoms with Crippen molar-refractivity contribution < 1.29 is 0 Å². The zero-order chi connectivity index (χ0) is 13.8. The fourth-order valence-corrected chi connectivity index (χ4v) is 1.91. The van der Waals surface area contributed by atoms with Crippen LogP contribution in [-0.2, 0) is 6.54 Å². The molecule has 0 radical (unpaired) electrons. The normalized spacial score (nSPS) is 10.4. The molecule has 1 aromatic carbocycles. The summed E-state index contributed by atoms with van der Waals surface area (Å²) in [6.45, 7) is 2.67. The molecule has 0 amide bonds. The third-order valence-corrected chi connectivity index (χ3v) is 2.99. The Kier molecular flexibility index (Phi) is 3.41. The van der Waals surface area contributed by atoms with Crippen molar-refractivity contribution in [3.05, 3.63) is 60.2 Å². The molecular formula is C15H15N5. The van der Waals surface area contributed by atoms with Gasteiger partial charge in [-0.25, -0.2) is 4.98 Å². The summed E-state index contributed by atoms with van der Waals surface area (Å²) in [6, 6.07) is 12.1. The molecule has 5 heteroatoms. The highest BCUT2D eigenvalue weighted by atomic mass is 15.2. The lowest BCUT2D eigenvalue weighted by Gasteiger charge is -2.06. The molecule has 20 heavy (non-hydrogen) atoms. The molecule has 0 atom stereocenters. The first-order valence-corrected chi connectivity index (χ1v) is 6.43. The van der Waals surface area contributed by atoms with Crippen molar-refractivity contribution in [3.63, 3.8) is 0 Å². The van der Waals surface area contributed by atoms with Gasteiger partial charge in [0.1, 0.15) is 5.82 Å². The summed E-state index contributed by atoms with van der Waals surface area (Å²) < 4.78 is 0. The molecule has 2 heterocycles. The molecule has 3 rings (SSSR count). The largest absolute Gasteiger partial charge is 0.381 e. The monoisotopic (exact) mass is 265 g/mol. The SMILES string of the molecule is Cc1nc(-c2ccc(NCc3ccncc3)cc2)n[nH]1. The van der Waals surface area contributed by atoms with Gasteiger partial charge in [-0.05, 0) is 48.9 Å². The van der Waals surface area contributed by atoms with Crippen LogP contribution in [-0.4, -0.2) is 20.2 Å². The number of aromatic nitrogens is 4. The zero-order valence-electron chi connectivity index (χ0n) is 11.2. The Morgan fingerprint density at radius 2 is 1.80 bits per heavy atom. The number of aromatic amines is 1. The van der Waals surface area contributed by atoms with Crippen molar-refractivity contribution in [1.29, 1.82) is 0 Å². The van der Waals surface area contributed by atoms with Crippen LogP contribution in [0, 0.1) is 6.92 Å². The van der Waals surface area contributed by atoms with E-state index in [2.05, 4.69) is 25.5 Å². The Morgan fingerprint density at radius 1 is 1.05 bits per heavy atom. The number of benzene rings is 1. The van der Waals surface area contributed by atoms with Gasteiger partial charge in [-0.15, -0.1) is 0 Å². The van der Waals surface area contributed by atoms with Crippen LogP contribution in [0.25, 0.3) is 11.4 Å². The average molecular weight is 265 g/mol. The van der Waals surface area contributed by atoms with Crippen molar-refractivity contribution in [2.75, 3.05) is 5.32 Å². The quantitative estimate of drug-likeness (QED) is 0.761. The lowest BCUT2D eigenvalue weighted by atomic mass is 10.2. The minimum atomic E-state index is 0.725. The van der Waals surface area contributed by atoms with E-state index in [1.165, 1.54) is 5.56 Å². The fourth-order valence-electron chi connectivity index (χ4n) is 1.91. The van der Waals surface area contributed by atoms with Gasteiger partial charge < -0.3 is 5.32 Å². The van der Waals surface area contributed by atoms with Crippen LogP contribution in [0.3, 0.4) is 0 Å². The Hall–Kier alpha value is -2.69. The molecular weight excluding hydrogens is 250 g/mol. The number of hydrogen-bond donors (Lipinski definition) is 2. The lowest BCUT2D eigenvalue weighted by Crippen LogP contribution is -1.99. The predicted molar refractivity (Wildman–Crippen MR) is 78.1 cm³/mol. The first-order valence-electron chi connectivity index (χ1n) is 6.43. The average Bonchev–Trinajstić information content (AvgIpc) is 2.93. The molecule has 0 aliphatic rings. The third-order valence-electron chi connectivity index (χ3n) is 2.99. The van der Waals surface area contributed by atoms with Crippen molar-refractivity contribution in [2.24, 2.45) is 0 Å². The third kappa shape index (κ3) is 2.83. The summed E-state index contributed by atoms with van der Waals surface area (Å²) in [5, 5.41) is 10.4. The van der Waals surface area contributed by atoms with Gasteiger partial charge >= 0.3 is 0 Å². The first-order chi connectivity index (χ1) is 9.81. The van der Waals surface area contributed by atoms with Crippen molar-refractivity contribution in [3.8, 4) is 11.4 Å². The molecule has 0 aliphatic heterocycles. The Morgan fingerprint density at radius 3 is 2.45 bits per heavy atom. The molecule has 3 aromatic rings. The second-order valence-corrected chi connectivity index (χ2v) is 4.53. The van der Waals surface area contributed by atoms with Gasteiger partial charge in [-0.1, -0.05) is 0 Å². The van der Waals surface area contributed by atoms with Gasteiger partial charge in [0.2, 0.25) is 0 Å². The summed E-state index contributed by atoms with van der Waals surface area (Å²) in [6.07, 6.45) is 3.59. The van der Waals surface area contributed by atoms with Crippen molar-refractivity contribution >= 4 is 5.69 Å². The highest BCUT2D eigenvalue weighted by Gasteiger charge is 2.03. The topological polar surface area (TPSA) is 66.5 Å². The van der Waals surface area contributed by atoms with Crippen LogP contribution in [0.2, 0.25) is 0 Å². The summed E-state index contributed by atoms with van der Waals surface area (Å²) in [5.41, 5.74) is 3.27. The Labute approximate surface area is 117 Å². The van der Waals surface area contributed by atoms with Gasteiger partial charge in [-0.3, -0.25) is 10.1 Å². The standard InChI is InChI=1S/C15H15N5/c1-11-18-15(20-19-11)13-2-4-14(5-3-13)17-10-12-6-8-16-9-7-12/h2-9,17H,10H2,1H3,(H,18,19,20). The molecule has 0 spiro atoms. The van der Waals surface area contributed by atoms with Crippen molar-refractivity contribution in [2.45, 2.75) is 13.5 Å². The van der Waals surface area contributed by atoms with Crippen LogP contribution in [0.15, 0.2) is 48.8 Å². The maximum atomic E-state index is 4.31. The maximum absolute atomic E-state index is 4.31. The van der Waals surface area contributed by atoms with E-state index in [0.29, 0.717) is 0 Å². The highest BCUT2D eigenvalue weighted by molar-refractivity contribution is 5.59. The van der Waals surface area contributed by atoms with Crippen molar-refractivity contribution in [1.82, 2.24) is 20.2 Å². The first kappa shape index (κ1) is 12.3. The van der Waals surface area contributed by atoms with E-state index in [1.54, 1.807) is 12.4 Å². The van der Waals surface area contributed by atoms with E-state index >= 15 is 0 Å². The molecule has 0 fully saturated rings. The number of aryl methyl sites for hydroxylation is 1. The second kappa shape index (κ2) is 5.52. The molecule has 2 aromatic heterocycles. The lowest BCUT2D eigenvalue weighted by molar-refractivity contribution is 1.04. The van der Waals surface area contributed by atoms with Crippen LogP contribution in [0.5, 0.6) is 0 Å². The fraction of sp³-hybridized carbons (Fsp3) is 0.133. The molecule has 100 valence electrons. The number of H-pyrrole nitrogens is 1. The number of nitrogens with one attached hydrogen (secondary N) is 2. The summed E-state index contributed by atoms with van der Waals surface area (Å²) >= 11 is 0. The predicted octanol–water partition coefficient (Wildman–Crippen LogP) is 2.79. The summed E-state index contributed by atoms with van der Waals surface area (Å²) in [5.74, 6) is 1.54. The van der Waals surface area contributed by atoms with Gasteiger partial charge in [0.05, 0.1) is 0 Å². The molecule has 5 nitrogen and oxygen atoms in total. The second-order valence-electron chi connectivity index (χ2n) is 4.53. The Bertz CT molecular complexity index is 673. The van der Waals surface area contributed by atoms with E-state index in [1.807, 2.05) is 43.3 Å². The number of nitrogens with zero attached hydrogens (tertiary/aromatic N) is 3. The number of hydrogen-bond acceptors (Lipinski definition) is 4. The van der Waals surface area contributed by atoms with E-state index in [4.69, 9.17) is 0 Å². The molecule has 0 bridgehead atoms. The summed E-state index contributed by atoms with van der Waals surface area (Å²) in [7, 11) is 0. The van der Waals surface area contributed by atoms with Gasteiger partial charge in [-0.2, -0.15) is 5.10 Å². The van der Waals surface area contributed by atoms with E-state index in [9.17, 15) is 0 Å². The molecule has 0 unspecified atom stereocenters. The highest BCUT2D eigenvalue weighted by Crippen LogP contribution is 2.18. The van der Waals surface area contributed by atoms with E-state index < -0.39 is 0 Å². The van der Waals surface area contributed by atoms with E-state index in [-0.39, 0.29) is 0 Å². The molecule has 2 N–H and O–H groups in total.